The van der Waals surface area contributed by atoms with Crippen LogP contribution in [0, 0.1) is 17.2 Å². The van der Waals surface area contributed by atoms with E-state index in [0.717, 1.165) is 12.2 Å². The Morgan fingerprint density at radius 1 is 1.57 bits per heavy atom. The number of hydrogen-bond acceptors (Lipinski definition) is 3. The van der Waals surface area contributed by atoms with E-state index in [0.29, 0.717) is 6.54 Å². The summed E-state index contributed by atoms with van der Waals surface area (Å²) in [5.74, 6) is -1.85. The first kappa shape index (κ1) is 12.2. The molecule has 76 valence electrons. The van der Waals surface area contributed by atoms with Crippen molar-refractivity contribution in [3.8, 4) is 6.07 Å². The molecule has 0 bridgehead atoms. The van der Waals surface area contributed by atoms with E-state index in [1.165, 1.54) is 11.9 Å². The van der Waals surface area contributed by atoms with Gasteiger partial charge in [0.15, 0.2) is 0 Å². The van der Waals surface area contributed by atoms with E-state index >= 15 is 0 Å². The molecule has 0 saturated heterocycles. The molecule has 0 aromatic rings. The highest BCUT2D eigenvalue weighted by molar-refractivity contribution is 5.93. The van der Waals surface area contributed by atoms with Gasteiger partial charge < -0.3 is 10.0 Å². The third kappa shape index (κ3) is 4.93. The zero-order valence-corrected chi connectivity index (χ0v) is 8.10. The predicted octanol–water partition coefficient (Wildman–Crippen LogP) is 0.245. The van der Waals surface area contributed by atoms with E-state index < -0.39 is 11.9 Å². The predicted molar refractivity (Wildman–Crippen MR) is 49.2 cm³/mol. The Labute approximate surface area is 82.2 Å². The van der Waals surface area contributed by atoms with Crippen LogP contribution in [0.25, 0.3) is 0 Å². The zero-order chi connectivity index (χ0) is 11.1. The maximum Gasteiger partial charge on any atom is 0.328 e. The molecule has 1 atom stereocenters. The smallest absolute Gasteiger partial charge is 0.328 e. The molecule has 1 unspecified atom stereocenters. The average Bonchev–Trinajstić information content (AvgIpc) is 2.13. The molecular formula is C9H12N2O3. The van der Waals surface area contributed by atoms with Gasteiger partial charge in [-0.3, -0.25) is 4.79 Å². The topological polar surface area (TPSA) is 81.4 Å². The number of hydrogen-bond donors (Lipinski definition) is 1. The molecule has 14 heavy (non-hydrogen) atoms. The maximum atomic E-state index is 11.2. The summed E-state index contributed by atoms with van der Waals surface area (Å²) in [7, 11) is 1.52. The number of carboxylic acid groups (broad SMARTS) is 1. The molecule has 0 radical (unpaired) electrons. The SMILES string of the molecule is CC(C#N)CN(C)C(=O)/C=C/C(=O)O. The van der Waals surface area contributed by atoms with Crippen molar-refractivity contribution in [2.75, 3.05) is 13.6 Å². The van der Waals surface area contributed by atoms with E-state index in [2.05, 4.69) is 0 Å². The lowest BCUT2D eigenvalue weighted by atomic mass is 10.2. The molecule has 5 nitrogen and oxygen atoms in total. The van der Waals surface area contributed by atoms with E-state index in [1.807, 2.05) is 6.07 Å². The summed E-state index contributed by atoms with van der Waals surface area (Å²) in [4.78, 5) is 22.6. The van der Waals surface area contributed by atoms with Crippen LogP contribution in [0.1, 0.15) is 6.92 Å². The summed E-state index contributed by atoms with van der Waals surface area (Å²) >= 11 is 0. The number of carbonyl (C=O) groups is 2. The van der Waals surface area contributed by atoms with Gasteiger partial charge >= 0.3 is 5.97 Å². The summed E-state index contributed by atoms with van der Waals surface area (Å²) in [6.45, 7) is 1.98. The van der Waals surface area contributed by atoms with Gasteiger partial charge in [0.2, 0.25) is 5.91 Å². The van der Waals surface area contributed by atoms with Crippen LogP contribution >= 0.6 is 0 Å². The Morgan fingerprint density at radius 3 is 2.57 bits per heavy atom. The van der Waals surface area contributed by atoms with Crippen molar-refractivity contribution in [3.05, 3.63) is 12.2 Å². The summed E-state index contributed by atoms with van der Waals surface area (Å²) in [5, 5.41) is 16.7. The molecule has 0 fully saturated rings. The monoisotopic (exact) mass is 196 g/mol. The fraction of sp³-hybridized carbons (Fsp3) is 0.444. The van der Waals surface area contributed by atoms with Gasteiger partial charge in [-0.05, 0) is 6.92 Å². The molecule has 1 amide bonds. The van der Waals surface area contributed by atoms with Gasteiger partial charge in [0.1, 0.15) is 0 Å². The minimum Gasteiger partial charge on any atom is -0.478 e. The van der Waals surface area contributed by atoms with Gasteiger partial charge in [-0.15, -0.1) is 0 Å². The molecule has 0 aliphatic heterocycles. The Kier molecular flexibility index (Phi) is 5.00. The largest absolute Gasteiger partial charge is 0.478 e. The van der Waals surface area contributed by atoms with Crippen molar-refractivity contribution in [3.63, 3.8) is 0 Å². The molecular weight excluding hydrogens is 184 g/mol. The van der Waals surface area contributed by atoms with Crippen molar-refractivity contribution < 1.29 is 14.7 Å². The Bertz CT molecular complexity index is 291. The first-order valence-electron chi connectivity index (χ1n) is 4.03. The van der Waals surface area contributed by atoms with Crippen LogP contribution < -0.4 is 0 Å². The molecule has 0 heterocycles. The summed E-state index contributed by atoms with van der Waals surface area (Å²) in [6.07, 6.45) is 1.74. The van der Waals surface area contributed by atoms with Crippen LogP contribution in [-0.4, -0.2) is 35.5 Å². The number of amides is 1. The molecule has 0 spiro atoms. The minimum atomic E-state index is -1.17. The number of rotatable bonds is 4. The number of nitriles is 1. The van der Waals surface area contributed by atoms with Crippen LogP contribution in [0.5, 0.6) is 0 Å². The van der Waals surface area contributed by atoms with E-state index in [-0.39, 0.29) is 5.92 Å². The van der Waals surface area contributed by atoms with Crippen molar-refractivity contribution in [1.29, 1.82) is 5.26 Å². The maximum absolute atomic E-state index is 11.2. The second-order valence-corrected chi connectivity index (χ2v) is 2.92. The summed E-state index contributed by atoms with van der Waals surface area (Å²) in [6, 6.07) is 1.98. The Hall–Kier alpha value is -1.83. The lowest BCUT2D eigenvalue weighted by Gasteiger charge is -2.15. The lowest BCUT2D eigenvalue weighted by molar-refractivity contribution is -0.132. The molecule has 0 saturated carbocycles. The molecule has 0 aliphatic rings. The second-order valence-electron chi connectivity index (χ2n) is 2.92. The highest BCUT2D eigenvalue weighted by atomic mass is 16.4. The molecule has 0 aromatic heterocycles. The zero-order valence-electron chi connectivity index (χ0n) is 8.10. The molecule has 0 rings (SSSR count). The number of aliphatic carboxylic acids is 1. The first-order chi connectivity index (χ1) is 6.47. The average molecular weight is 196 g/mol. The van der Waals surface area contributed by atoms with Crippen molar-refractivity contribution >= 4 is 11.9 Å². The minimum absolute atomic E-state index is 0.262. The van der Waals surface area contributed by atoms with Gasteiger partial charge in [0.05, 0.1) is 12.0 Å². The van der Waals surface area contributed by atoms with Gasteiger partial charge in [-0.2, -0.15) is 5.26 Å². The first-order valence-corrected chi connectivity index (χ1v) is 4.03. The number of carbonyl (C=O) groups excluding carboxylic acids is 1. The van der Waals surface area contributed by atoms with Crippen molar-refractivity contribution in [1.82, 2.24) is 4.90 Å². The third-order valence-corrected chi connectivity index (χ3v) is 1.51. The van der Waals surface area contributed by atoms with E-state index in [9.17, 15) is 9.59 Å². The summed E-state index contributed by atoms with van der Waals surface area (Å²) in [5.41, 5.74) is 0. The van der Waals surface area contributed by atoms with Crippen molar-refractivity contribution in [2.45, 2.75) is 6.92 Å². The van der Waals surface area contributed by atoms with Crippen LogP contribution in [0.15, 0.2) is 12.2 Å². The highest BCUT2D eigenvalue weighted by Gasteiger charge is 2.09. The van der Waals surface area contributed by atoms with Crippen LogP contribution in [0.2, 0.25) is 0 Å². The molecule has 1 N–H and O–H groups in total. The molecule has 0 aromatic carbocycles. The van der Waals surface area contributed by atoms with E-state index in [1.54, 1.807) is 6.92 Å². The second kappa shape index (κ2) is 5.75. The normalized spacial score (nSPS) is 12.1. The molecule has 0 aliphatic carbocycles. The van der Waals surface area contributed by atoms with E-state index in [4.69, 9.17) is 10.4 Å². The van der Waals surface area contributed by atoms with Gasteiger partial charge in [-0.25, -0.2) is 4.79 Å². The van der Waals surface area contributed by atoms with Gasteiger partial charge in [0.25, 0.3) is 0 Å². The van der Waals surface area contributed by atoms with Crippen LogP contribution in [0.3, 0.4) is 0 Å². The number of carboxylic acids is 1. The van der Waals surface area contributed by atoms with Crippen LogP contribution in [-0.2, 0) is 9.59 Å². The molecule has 5 heteroatoms. The van der Waals surface area contributed by atoms with Gasteiger partial charge in [0, 0.05) is 25.7 Å². The fourth-order valence-electron chi connectivity index (χ4n) is 0.811. The number of nitrogens with zero attached hydrogens (tertiary/aromatic N) is 2. The fourth-order valence-corrected chi connectivity index (χ4v) is 0.811. The Balaban J connectivity index is 4.14. The van der Waals surface area contributed by atoms with Crippen LogP contribution in [0.4, 0.5) is 0 Å². The number of likely N-dealkylation sites (N-methyl/N-ethyl adjacent to an activating group) is 1. The summed E-state index contributed by atoms with van der Waals surface area (Å²) < 4.78 is 0. The Morgan fingerprint density at radius 2 is 2.14 bits per heavy atom. The highest BCUT2D eigenvalue weighted by Crippen LogP contribution is 1.96. The quantitative estimate of drug-likeness (QED) is 0.653. The lowest BCUT2D eigenvalue weighted by Crippen LogP contribution is -2.29. The van der Waals surface area contributed by atoms with Crippen molar-refractivity contribution in [2.24, 2.45) is 5.92 Å². The third-order valence-electron chi connectivity index (χ3n) is 1.51. The standard InChI is InChI=1S/C9H12N2O3/c1-7(5-10)6-11(2)8(12)3-4-9(13)14/h3-4,7H,6H2,1-2H3,(H,13,14)/b4-3+. The van der Waals surface area contributed by atoms with Gasteiger partial charge in [-0.1, -0.05) is 0 Å².